The molecule has 0 amide bonds. The number of piperidine rings is 2. The van der Waals surface area contributed by atoms with Crippen molar-refractivity contribution in [3.8, 4) is 11.5 Å². The number of rotatable bonds is 15. The van der Waals surface area contributed by atoms with Crippen LogP contribution in [0.2, 0.25) is 0 Å². The third kappa shape index (κ3) is 10.00. The van der Waals surface area contributed by atoms with Gasteiger partial charge in [-0.05, 0) is 161 Å². The van der Waals surface area contributed by atoms with E-state index in [2.05, 4.69) is 55.6 Å². The van der Waals surface area contributed by atoms with Gasteiger partial charge >= 0.3 is 0 Å². The zero-order valence-electron chi connectivity index (χ0n) is 30.8. The average Bonchev–Trinajstić information content (AvgIpc) is 3.11. The Morgan fingerprint density at radius 2 is 1.06 bits per heavy atom. The van der Waals surface area contributed by atoms with E-state index in [0.29, 0.717) is 0 Å². The number of likely N-dealkylation sites (tertiary alicyclic amines) is 2. The van der Waals surface area contributed by atoms with Crippen molar-refractivity contribution in [2.24, 2.45) is 23.7 Å². The van der Waals surface area contributed by atoms with Crippen molar-refractivity contribution < 1.29 is 71.5 Å². The minimum absolute atomic E-state index is 0. The van der Waals surface area contributed by atoms with Crippen LogP contribution >= 0.6 is 0 Å². The highest BCUT2D eigenvalue weighted by molar-refractivity contribution is 5.83. The molecule has 7 heteroatoms. The predicted molar refractivity (Wildman–Crippen MR) is 196 cm³/mol. The maximum absolute atomic E-state index is 10.0. The Kier molecular flexibility index (Phi) is 15.3. The molecule has 50 heavy (non-hydrogen) atoms. The van der Waals surface area contributed by atoms with Gasteiger partial charge < -0.3 is 71.5 Å². The fourth-order valence-corrected chi connectivity index (χ4v) is 10.7. The molecule has 278 valence electrons. The molecule has 2 aromatic rings. The van der Waals surface area contributed by atoms with Gasteiger partial charge in [-0.25, -0.2) is 0 Å². The Labute approximate surface area is 337 Å². The van der Waals surface area contributed by atoms with Crippen LogP contribution in [0.15, 0.2) is 54.1 Å². The topological polar surface area (TPSA) is 38.7 Å². The van der Waals surface area contributed by atoms with Gasteiger partial charge in [-0.3, -0.25) is 0 Å². The molecule has 6 aliphatic rings. The van der Waals surface area contributed by atoms with E-state index in [1.165, 1.54) is 118 Å². The van der Waals surface area contributed by atoms with Gasteiger partial charge in [-0.2, -0.15) is 0 Å². The molecule has 0 atom stereocenters. The lowest BCUT2D eigenvalue weighted by Gasteiger charge is -2.52. The maximum Gasteiger partial charge on any atom is 0.180 e. The van der Waals surface area contributed by atoms with Crippen molar-refractivity contribution in [3.63, 3.8) is 0 Å². The summed E-state index contributed by atoms with van der Waals surface area (Å²) in [7, 11) is 2.45. The van der Waals surface area contributed by atoms with Crippen LogP contribution in [0.3, 0.4) is 0 Å². The Bertz CT molecular complexity index is 1320. The fraction of sp³-hybridized carbons (Fsp3) is 0.674. The molecule has 4 saturated carbocycles. The first-order valence-electron chi connectivity index (χ1n) is 20.0. The average molecular weight is 911 g/mol. The zero-order valence-corrected chi connectivity index (χ0v) is 35.1. The summed E-state index contributed by atoms with van der Waals surface area (Å²) in [4.78, 5) is 0. The predicted octanol–water partition coefficient (Wildman–Crippen LogP) is 2.85. The monoisotopic (exact) mass is 910 g/mol. The zero-order chi connectivity index (χ0) is 32.8. The first kappa shape index (κ1) is 40.3. The standard InChI is InChI=1S/C43H64N2O3.2HI/c1-44(20-4-2-5-21-44)22-8-10-26-47-40-16-12-36(13-17-40)42(43-38-29-34-28-35(31-38)32-39(43)30-34)37-14-18-41(19-15-37)48-27-11-9-25-45(33-46)23-6-3-7-24-45;;/h12-19,34-35,38-39,46H,2-11,20-33H2,1H3;2*1H/q+2;;/p-2. The molecule has 2 aromatic carbocycles. The molecule has 2 aliphatic heterocycles. The van der Waals surface area contributed by atoms with E-state index in [1.54, 1.807) is 5.57 Å². The van der Waals surface area contributed by atoms with Gasteiger partial charge in [0.25, 0.3) is 0 Å². The minimum Gasteiger partial charge on any atom is -1.00 e. The molecule has 2 heterocycles. The SMILES string of the molecule is C[N+]1(CCCCOc2ccc(C(=C3C4CC5CC(C4)CC3C5)c3ccc(OCCCC[N+]4(CO)CCCCC4)cc3)cc2)CCCCC1.[I-].[I-]. The van der Waals surface area contributed by atoms with Crippen molar-refractivity contribution in [2.75, 3.05) is 66.3 Å². The summed E-state index contributed by atoms with van der Waals surface area (Å²) in [6, 6.07) is 18.1. The summed E-state index contributed by atoms with van der Waals surface area (Å²) in [5.74, 6) is 5.37. The molecular weight excluding hydrogens is 846 g/mol. The van der Waals surface area contributed by atoms with Crippen molar-refractivity contribution in [2.45, 2.75) is 96.3 Å². The summed E-state index contributed by atoms with van der Waals surface area (Å²) in [6.07, 6.45) is 19.6. The van der Waals surface area contributed by atoms with Crippen LogP contribution in [-0.2, 0) is 0 Å². The first-order chi connectivity index (χ1) is 23.5. The molecule has 1 N–H and O–H groups in total. The van der Waals surface area contributed by atoms with Gasteiger partial charge in [0.15, 0.2) is 6.73 Å². The van der Waals surface area contributed by atoms with Crippen molar-refractivity contribution in [1.82, 2.24) is 0 Å². The summed E-state index contributed by atoms with van der Waals surface area (Å²) >= 11 is 0. The van der Waals surface area contributed by atoms with Crippen LogP contribution in [-0.4, -0.2) is 80.3 Å². The second-order valence-corrected chi connectivity index (χ2v) is 16.9. The van der Waals surface area contributed by atoms with Gasteiger partial charge in [0.1, 0.15) is 11.5 Å². The van der Waals surface area contributed by atoms with Crippen molar-refractivity contribution >= 4 is 5.57 Å². The summed E-state index contributed by atoms with van der Waals surface area (Å²) in [5.41, 5.74) is 5.92. The molecule has 4 bridgehead atoms. The van der Waals surface area contributed by atoms with Crippen LogP contribution in [0.5, 0.6) is 11.5 Å². The van der Waals surface area contributed by atoms with Gasteiger partial charge in [0, 0.05) is 0 Å². The van der Waals surface area contributed by atoms with E-state index in [-0.39, 0.29) is 54.7 Å². The van der Waals surface area contributed by atoms with Gasteiger partial charge in [-0.1, -0.05) is 29.8 Å². The number of aliphatic hydroxyl groups excluding tert-OH is 1. The molecule has 0 unspecified atom stereocenters. The first-order valence-corrected chi connectivity index (χ1v) is 20.0. The minimum atomic E-state index is 0. The van der Waals surface area contributed by atoms with Gasteiger partial charge in [0.05, 0.1) is 59.5 Å². The van der Waals surface area contributed by atoms with Gasteiger partial charge in [-0.15, -0.1) is 0 Å². The normalized spacial score (nSPS) is 26.1. The summed E-state index contributed by atoms with van der Waals surface area (Å²) in [6.45, 7) is 9.17. The van der Waals surface area contributed by atoms with Crippen LogP contribution in [0.25, 0.3) is 5.57 Å². The van der Waals surface area contributed by atoms with Crippen LogP contribution in [0.1, 0.15) is 107 Å². The summed E-state index contributed by atoms with van der Waals surface area (Å²) in [5, 5.41) is 10.0. The Morgan fingerprint density at radius 1 is 0.600 bits per heavy atom. The lowest BCUT2D eigenvalue weighted by Crippen LogP contribution is -3.00. The number of benzene rings is 2. The number of quaternary nitrogens is 2. The van der Waals surface area contributed by atoms with E-state index in [9.17, 15) is 5.11 Å². The van der Waals surface area contributed by atoms with Crippen LogP contribution < -0.4 is 57.4 Å². The van der Waals surface area contributed by atoms with Crippen molar-refractivity contribution in [3.05, 3.63) is 65.2 Å². The van der Waals surface area contributed by atoms with Crippen LogP contribution in [0, 0.1) is 23.7 Å². The lowest BCUT2D eigenvalue weighted by atomic mass is 9.53. The molecule has 0 aromatic heterocycles. The molecule has 8 rings (SSSR count). The molecule has 0 spiro atoms. The smallest absolute Gasteiger partial charge is 0.180 e. The number of halogens is 2. The molecule has 5 nitrogen and oxygen atoms in total. The number of hydrogen-bond acceptors (Lipinski definition) is 3. The van der Waals surface area contributed by atoms with E-state index < -0.39 is 0 Å². The second-order valence-electron chi connectivity index (χ2n) is 16.9. The number of nitrogens with zero attached hydrogens (tertiary/aromatic N) is 2. The third-order valence-electron chi connectivity index (χ3n) is 13.2. The molecule has 6 fully saturated rings. The second kappa shape index (κ2) is 18.9. The third-order valence-corrected chi connectivity index (χ3v) is 13.2. The molecule has 2 saturated heterocycles. The fourth-order valence-electron chi connectivity index (χ4n) is 10.7. The van der Waals surface area contributed by atoms with Crippen molar-refractivity contribution in [1.29, 1.82) is 0 Å². The number of hydrogen-bond donors (Lipinski definition) is 1. The summed E-state index contributed by atoms with van der Waals surface area (Å²) < 4.78 is 14.7. The lowest BCUT2D eigenvalue weighted by molar-refractivity contribution is -0.949. The number of allylic oxidation sites excluding steroid dienone is 1. The van der Waals surface area contributed by atoms with E-state index in [1.807, 2.05) is 0 Å². The maximum atomic E-state index is 10.0. The van der Waals surface area contributed by atoms with E-state index in [0.717, 1.165) is 91.8 Å². The number of unbranched alkanes of at least 4 members (excludes halogenated alkanes) is 2. The quantitative estimate of drug-likeness (QED) is 0.170. The highest BCUT2D eigenvalue weighted by Crippen LogP contribution is 2.58. The van der Waals surface area contributed by atoms with Gasteiger partial charge in [0.2, 0.25) is 0 Å². The molecule has 4 aliphatic carbocycles. The van der Waals surface area contributed by atoms with E-state index >= 15 is 0 Å². The molecule has 0 radical (unpaired) electrons. The Morgan fingerprint density at radius 3 is 1.54 bits per heavy atom. The number of aliphatic hydroxyl groups is 1. The highest BCUT2D eigenvalue weighted by atomic mass is 127. The number of ether oxygens (including phenoxy) is 2. The van der Waals surface area contributed by atoms with Crippen LogP contribution in [0.4, 0.5) is 0 Å². The Hall–Kier alpha value is -0.880. The Balaban J connectivity index is 0.00000243. The van der Waals surface area contributed by atoms with E-state index in [4.69, 9.17) is 9.47 Å². The largest absolute Gasteiger partial charge is 1.00 e. The highest BCUT2D eigenvalue weighted by Gasteiger charge is 2.46. The molecular formula is C43H64I2N2O3.